The Kier molecular flexibility index (Phi) is 49.9. The number of phosphoric acid groups is 1. The van der Waals surface area contributed by atoms with Crippen molar-refractivity contribution in [1.82, 2.24) is 0 Å². The average molecular weight is 1430 g/mol. The Morgan fingerprint density at radius 3 is 1.21 bits per heavy atom. The molecule has 98 heavy (non-hydrogen) atoms. The van der Waals surface area contributed by atoms with Gasteiger partial charge in [0.05, 0.1) is 13.2 Å². The fraction of sp³-hybridized carbons (Fsp3) is 0.932. The van der Waals surface area contributed by atoms with Crippen LogP contribution in [0.25, 0.3) is 0 Å². The van der Waals surface area contributed by atoms with E-state index >= 15 is 0 Å². The van der Waals surface area contributed by atoms with Crippen LogP contribution in [0.2, 0.25) is 0 Å². The predicted octanol–water partition coefficient (Wildman–Crippen LogP) is 10.6. The molecule has 0 bridgehead atoms. The lowest BCUT2D eigenvalue weighted by Crippen LogP contribution is -2.69. The third-order valence-corrected chi connectivity index (χ3v) is 20.2. The van der Waals surface area contributed by atoms with Crippen LogP contribution in [-0.4, -0.2) is 204 Å². The Morgan fingerprint density at radius 1 is 0.418 bits per heavy atom. The molecule has 1 aliphatic carbocycles. The molecule has 19 unspecified atom stereocenters. The zero-order valence-corrected chi connectivity index (χ0v) is 61.1. The Labute approximate surface area is 586 Å². The van der Waals surface area contributed by atoms with Crippen molar-refractivity contribution >= 4 is 25.7 Å². The van der Waals surface area contributed by atoms with E-state index in [-0.39, 0.29) is 19.3 Å². The van der Waals surface area contributed by atoms with Crippen molar-refractivity contribution in [3.05, 3.63) is 12.2 Å². The van der Waals surface area contributed by atoms with E-state index in [0.717, 1.165) is 89.9 Å². The minimum atomic E-state index is -5.70. The van der Waals surface area contributed by atoms with Crippen LogP contribution in [0, 0.1) is 5.92 Å². The fourth-order valence-corrected chi connectivity index (χ4v) is 13.8. The Bertz CT molecular complexity index is 2090. The Hall–Kier alpha value is -2.30. The van der Waals surface area contributed by atoms with Crippen LogP contribution >= 0.6 is 7.82 Å². The molecular formula is C73H135O24P. The summed E-state index contributed by atoms with van der Waals surface area (Å²) in [6.07, 6.45) is 11.4. The Balaban J connectivity index is 1.74. The molecule has 2 aliphatic heterocycles. The zero-order chi connectivity index (χ0) is 71.9. The Morgan fingerprint density at radius 2 is 0.776 bits per heavy atom. The predicted molar refractivity (Wildman–Crippen MR) is 370 cm³/mol. The number of hydrogen-bond donors (Lipinski definition) is 11. The number of aliphatic hydroxyl groups is 10. The molecule has 0 aromatic heterocycles. The molecule has 11 N–H and O–H groups in total. The summed E-state index contributed by atoms with van der Waals surface area (Å²) < 4.78 is 65.1. The van der Waals surface area contributed by atoms with Gasteiger partial charge in [0.15, 0.2) is 18.7 Å². The van der Waals surface area contributed by atoms with E-state index in [1.807, 2.05) is 0 Å². The number of phosphoric ester groups is 1. The quantitative estimate of drug-likeness (QED) is 0.00886. The molecule has 19 atom stereocenters. The number of hydrogen-bond acceptors (Lipinski definition) is 23. The highest BCUT2D eigenvalue weighted by molar-refractivity contribution is 7.47. The highest BCUT2D eigenvalue weighted by Crippen LogP contribution is 2.49. The van der Waals surface area contributed by atoms with Gasteiger partial charge in [0, 0.05) is 19.3 Å². The first-order valence-corrected chi connectivity index (χ1v) is 39.9. The molecule has 0 aromatic rings. The molecule has 25 heteroatoms. The van der Waals surface area contributed by atoms with Crippen LogP contribution in [0.5, 0.6) is 0 Å². The number of esters is 3. The SMILES string of the molecule is CCCCCCCC/C=C\CCCCCC(=O)OC(COC(=O)CCCCCCCCC(C)CCCCCCCC)COP(=O)(O)OC1C(OC2OC(CO)C(O)C(O)C2O)C(O)C(O)C(O)C1OC1OC(COC(=O)CCCCCCCCCCCCCCCC)C(O)C(O)C1O. The first-order valence-electron chi connectivity index (χ1n) is 38.4. The highest BCUT2D eigenvalue weighted by atomic mass is 31.2. The van der Waals surface area contributed by atoms with Crippen LogP contribution < -0.4 is 0 Å². The second-order valence-electron chi connectivity index (χ2n) is 28.0. The van der Waals surface area contributed by atoms with E-state index in [9.17, 15) is 74.9 Å². The van der Waals surface area contributed by atoms with Gasteiger partial charge in [-0.05, 0) is 50.9 Å². The average Bonchev–Trinajstić information content (AvgIpc) is 0.762. The lowest BCUT2D eigenvalue weighted by Gasteiger charge is -2.49. The summed E-state index contributed by atoms with van der Waals surface area (Å²) in [4.78, 5) is 51.0. The van der Waals surface area contributed by atoms with E-state index in [4.69, 9.17) is 42.2 Å². The maximum Gasteiger partial charge on any atom is 0.472 e. The fourth-order valence-electron chi connectivity index (χ4n) is 12.8. The zero-order valence-electron chi connectivity index (χ0n) is 60.2. The van der Waals surface area contributed by atoms with E-state index < -0.39 is 156 Å². The lowest BCUT2D eigenvalue weighted by atomic mass is 9.84. The van der Waals surface area contributed by atoms with Crippen LogP contribution in [-0.2, 0) is 61.2 Å². The van der Waals surface area contributed by atoms with Gasteiger partial charge < -0.3 is 89.1 Å². The van der Waals surface area contributed by atoms with Crippen molar-refractivity contribution in [3.63, 3.8) is 0 Å². The van der Waals surface area contributed by atoms with Gasteiger partial charge in [-0.25, -0.2) is 4.57 Å². The normalized spacial score (nSPS) is 28.0. The standard InChI is InChI=1S/C73H135O24P/c1-5-8-11-14-17-19-21-23-25-26-28-30-36-42-47-58(76)90-52-56-61(79)63(81)68(86)73(94-56)96-70-66(84)64(82)65(83)69(95-72-67(85)62(80)60(78)55(49-74)93-72)71(70)97-98(87,88)91-51-54(92-59(77)48-43-38-31-29-27-24-22-20-18-15-12-9-6-2)50-89-57(75)46-41-37-33-32-35-40-45-53(4)44-39-34-16-13-10-7-3/h24,27,53-56,60-74,78-86H,5-23,25-26,28-52H2,1-4H3,(H,87,88)/b27-24-. The number of carbonyl (C=O) groups excluding carboxylic acids is 3. The van der Waals surface area contributed by atoms with E-state index in [2.05, 4.69) is 39.8 Å². The van der Waals surface area contributed by atoms with Gasteiger partial charge in [0.1, 0.15) is 98.7 Å². The van der Waals surface area contributed by atoms with Gasteiger partial charge in [-0.15, -0.1) is 0 Å². The number of aliphatic hydroxyl groups excluding tert-OH is 10. The highest BCUT2D eigenvalue weighted by Gasteiger charge is 2.58. The third kappa shape index (κ3) is 37.4. The maximum atomic E-state index is 14.3. The van der Waals surface area contributed by atoms with Gasteiger partial charge in [-0.3, -0.25) is 23.4 Å². The molecule has 3 rings (SSSR count). The summed E-state index contributed by atoms with van der Waals surface area (Å²) >= 11 is 0. The monoisotopic (exact) mass is 1430 g/mol. The molecule has 1 saturated carbocycles. The molecule has 0 amide bonds. The first-order chi connectivity index (χ1) is 47.2. The number of carbonyl (C=O) groups is 3. The second-order valence-corrected chi connectivity index (χ2v) is 29.4. The topological polar surface area (TPSA) is 374 Å². The van der Waals surface area contributed by atoms with Gasteiger partial charge in [0.25, 0.3) is 0 Å². The minimum absolute atomic E-state index is 0.0315. The van der Waals surface area contributed by atoms with Crippen molar-refractivity contribution in [3.8, 4) is 0 Å². The van der Waals surface area contributed by atoms with Gasteiger partial charge in [-0.1, -0.05) is 245 Å². The van der Waals surface area contributed by atoms with E-state index in [1.54, 1.807) is 0 Å². The van der Waals surface area contributed by atoms with Gasteiger partial charge in [-0.2, -0.15) is 0 Å². The number of allylic oxidation sites excluding steroid dienone is 2. The molecule has 24 nitrogen and oxygen atoms in total. The molecule has 2 saturated heterocycles. The number of ether oxygens (including phenoxy) is 7. The van der Waals surface area contributed by atoms with Crippen LogP contribution in [0.1, 0.15) is 297 Å². The molecule has 2 heterocycles. The summed E-state index contributed by atoms with van der Waals surface area (Å²) in [7, 11) is -5.70. The van der Waals surface area contributed by atoms with E-state index in [1.165, 1.54) is 135 Å². The second kappa shape index (κ2) is 54.3. The van der Waals surface area contributed by atoms with Crippen LogP contribution in [0.15, 0.2) is 12.2 Å². The molecule has 3 fully saturated rings. The number of rotatable bonds is 59. The maximum absolute atomic E-state index is 14.3. The van der Waals surface area contributed by atoms with Crippen molar-refractivity contribution in [2.24, 2.45) is 5.92 Å². The summed E-state index contributed by atoms with van der Waals surface area (Å²) in [5.41, 5.74) is 0. The molecule has 0 radical (unpaired) electrons. The van der Waals surface area contributed by atoms with E-state index in [0.29, 0.717) is 31.6 Å². The van der Waals surface area contributed by atoms with Crippen LogP contribution in [0.3, 0.4) is 0 Å². The van der Waals surface area contributed by atoms with Crippen LogP contribution in [0.4, 0.5) is 0 Å². The molecule has 0 spiro atoms. The van der Waals surface area contributed by atoms with Crippen molar-refractivity contribution < 1.29 is 117 Å². The molecular weight excluding hydrogens is 1290 g/mol. The molecule has 576 valence electrons. The summed E-state index contributed by atoms with van der Waals surface area (Å²) in [6, 6.07) is 0. The van der Waals surface area contributed by atoms with Gasteiger partial charge in [0.2, 0.25) is 0 Å². The van der Waals surface area contributed by atoms with Gasteiger partial charge >= 0.3 is 25.7 Å². The lowest BCUT2D eigenvalue weighted by molar-refractivity contribution is -0.360. The molecule has 3 aliphatic rings. The largest absolute Gasteiger partial charge is 0.472 e. The number of unbranched alkanes of at least 4 members (excludes halogenated alkanes) is 32. The summed E-state index contributed by atoms with van der Waals surface area (Å²) in [5.74, 6) is -1.30. The van der Waals surface area contributed by atoms with Crippen molar-refractivity contribution in [2.45, 2.75) is 402 Å². The summed E-state index contributed by atoms with van der Waals surface area (Å²) in [6.45, 7) is 5.76. The summed E-state index contributed by atoms with van der Waals surface area (Å²) in [5, 5.41) is 110. The smallest absolute Gasteiger partial charge is 0.463 e. The van der Waals surface area contributed by atoms with Crippen molar-refractivity contribution in [2.75, 3.05) is 26.4 Å². The molecule has 0 aromatic carbocycles. The minimum Gasteiger partial charge on any atom is -0.463 e. The van der Waals surface area contributed by atoms with Crippen molar-refractivity contribution in [1.29, 1.82) is 0 Å². The third-order valence-electron chi connectivity index (χ3n) is 19.2. The first kappa shape index (κ1) is 89.9.